The van der Waals surface area contributed by atoms with E-state index in [1.807, 2.05) is 0 Å². The zero-order valence-electron chi connectivity index (χ0n) is 11.7. The standard InChI is InChI=1S/C14H15F3O4S/c1-22(19,20)11-3-2-10(21-8-4-7(15)5-8)9-6-14(16,17)13(18)12(9)11/h2-3,7-8,13,18H,4-6H2,1H3/t7?,8?,13-/m0/s1. The molecule has 0 saturated heterocycles. The Bertz CT molecular complexity index is 711. The Balaban J connectivity index is 2.05. The first-order chi connectivity index (χ1) is 10.1. The summed E-state index contributed by atoms with van der Waals surface area (Å²) in [4.78, 5) is -0.323. The molecule has 122 valence electrons. The van der Waals surface area contributed by atoms with Crippen molar-refractivity contribution in [2.45, 2.75) is 48.5 Å². The van der Waals surface area contributed by atoms with Gasteiger partial charge in [0.15, 0.2) is 9.84 Å². The number of hydrogen-bond donors (Lipinski definition) is 1. The van der Waals surface area contributed by atoms with E-state index in [1.165, 1.54) is 6.07 Å². The molecule has 0 aromatic heterocycles. The summed E-state index contributed by atoms with van der Waals surface area (Å²) >= 11 is 0. The van der Waals surface area contributed by atoms with Gasteiger partial charge in [-0.3, -0.25) is 0 Å². The van der Waals surface area contributed by atoms with Crippen LogP contribution in [0.25, 0.3) is 0 Å². The fourth-order valence-electron chi connectivity index (χ4n) is 2.86. The Labute approximate surface area is 125 Å². The van der Waals surface area contributed by atoms with Gasteiger partial charge in [0, 0.05) is 36.6 Å². The van der Waals surface area contributed by atoms with Gasteiger partial charge in [0.2, 0.25) is 0 Å². The molecule has 0 bridgehead atoms. The third-order valence-corrected chi connectivity index (χ3v) is 5.25. The molecule has 3 rings (SSSR count). The predicted octanol–water partition coefficient (Wildman–Crippen LogP) is 2.19. The first kappa shape index (κ1) is 15.6. The number of rotatable bonds is 3. The second-order valence-corrected chi connectivity index (χ2v) is 7.86. The highest BCUT2D eigenvalue weighted by Crippen LogP contribution is 2.49. The van der Waals surface area contributed by atoms with Gasteiger partial charge >= 0.3 is 0 Å². The van der Waals surface area contributed by atoms with Crippen LogP contribution in [0.3, 0.4) is 0 Å². The lowest BCUT2D eigenvalue weighted by Crippen LogP contribution is -2.35. The van der Waals surface area contributed by atoms with E-state index < -0.39 is 40.6 Å². The van der Waals surface area contributed by atoms with Crippen LogP contribution >= 0.6 is 0 Å². The van der Waals surface area contributed by atoms with Gasteiger partial charge in [0.25, 0.3) is 5.92 Å². The van der Waals surface area contributed by atoms with Crippen LogP contribution in [0.2, 0.25) is 0 Å². The van der Waals surface area contributed by atoms with Crippen molar-refractivity contribution in [3.8, 4) is 5.75 Å². The first-order valence-electron chi connectivity index (χ1n) is 6.82. The number of benzene rings is 1. The smallest absolute Gasteiger partial charge is 0.281 e. The molecule has 2 aliphatic carbocycles. The van der Waals surface area contributed by atoms with Gasteiger partial charge in [-0.15, -0.1) is 0 Å². The molecule has 1 saturated carbocycles. The van der Waals surface area contributed by atoms with Crippen LogP contribution in [-0.2, 0) is 16.3 Å². The van der Waals surface area contributed by atoms with E-state index in [-0.39, 0.29) is 34.6 Å². The first-order valence-corrected chi connectivity index (χ1v) is 8.71. The molecule has 1 N–H and O–H groups in total. The highest BCUT2D eigenvalue weighted by atomic mass is 32.2. The maximum atomic E-state index is 13.8. The lowest BCUT2D eigenvalue weighted by Gasteiger charge is -2.31. The molecule has 0 aliphatic heterocycles. The molecular weight excluding hydrogens is 321 g/mol. The van der Waals surface area contributed by atoms with Crippen molar-refractivity contribution in [3.05, 3.63) is 23.3 Å². The summed E-state index contributed by atoms with van der Waals surface area (Å²) in [6.07, 6.45) is -3.09. The van der Waals surface area contributed by atoms with Crippen LogP contribution in [0.4, 0.5) is 13.2 Å². The fourth-order valence-corrected chi connectivity index (χ4v) is 3.81. The maximum absolute atomic E-state index is 13.8. The SMILES string of the molecule is CS(=O)(=O)c1ccc(OC2CC(F)C2)c2c1[C@H](O)C(F)(F)C2. The van der Waals surface area contributed by atoms with Crippen molar-refractivity contribution in [3.63, 3.8) is 0 Å². The van der Waals surface area contributed by atoms with Crippen LogP contribution in [0.1, 0.15) is 30.1 Å². The van der Waals surface area contributed by atoms with Crippen LogP contribution < -0.4 is 4.74 Å². The molecule has 1 fully saturated rings. The van der Waals surface area contributed by atoms with E-state index in [0.29, 0.717) is 0 Å². The monoisotopic (exact) mass is 336 g/mol. The van der Waals surface area contributed by atoms with Crippen LogP contribution in [0.5, 0.6) is 5.75 Å². The fraction of sp³-hybridized carbons (Fsp3) is 0.571. The van der Waals surface area contributed by atoms with Gasteiger partial charge in [0.05, 0.1) is 4.90 Å². The molecule has 2 aliphatic rings. The molecule has 1 aromatic rings. The molecule has 1 atom stereocenters. The van der Waals surface area contributed by atoms with Crippen molar-refractivity contribution < 1.29 is 31.4 Å². The number of sulfone groups is 1. The van der Waals surface area contributed by atoms with E-state index in [4.69, 9.17) is 4.74 Å². The Hall–Kier alpha value is -1.28. The Morgan fingerprint density at radius 1 is 1.32 bits per heavy atom. The largest absolute Gasteiger partial charge is 0.490 e. The van der Waals surface area contributed by atoms with E-state index in [2.05, 4.69) is 0 Å². The number of halogens is 3. The highest BCUT2D eigenvalue weighted by molar-refractivity contribution is 7.90. The summed E-state index contributed by atoms with van der Waals surface area (Å²) in [5.41, 5.74) is -0.316. The second-order valence-electron chi connectivity index (χ2n) is 5.88. The van der Waals surface area contributed by atoms with Crippen molar-refractivity contribution in [1.82, 2.24) is 0 Å². The molecule has 0 unspecified atom stereocenters. The third kappa shape index (κ3) is 2.48. The average molecular weight is 336 g/mol. The molecule has 1 aromatic carbocycles. The van der Waals surface area contributed by atoms with Crippen LogP contribution in [0.15, 0.2) is 17.0 Å². The topological polar surface area (TPSA) is 63.6 Å². The number of aliphatic hydroxyl groups is 1. The Morgan fingerprint density at radius 3 is 2.50 bits per heavy atom. The van der Waals surface area contributed by atoms with Gasteiger partial charge in [-0.2, -0.15) is 0 Å². The lowest BCUT2D eigenvalue weighted by molar-refractivity contribution is -0.0977. The number of hydrogen-bond acceptors (Lipinski definition) is 4. The zero-order valence-corrected chi connectivity index (χ0v) is 12.5. The van der Waals surface area contributed by atoms with E-state index in [1.54, 1.807) is 0 Å². The molecule has 0 spiro atoms. The quantitative estimate of drug-likeness (QED) is 0.919. The van der Waals surface area contributed by atoms with Gasteiger partial charge in [0.1, 0.15) is 24.1 Å². The van der Waals surface area contributed by atoms with Crippen molar-refractivity contribution in [2.75, 3.05) is 6.26 Å². The van der Waals surface area contributed by atoms with Gasteiger partial charge < -0.3 is 9.84 Å². The van der Waals surface area contributed by atoms with Crippen LogP contribution in [0, 0.1) is 0 Å². The summed E-state index contributed by atoms with van der Waals surface area (Å²) in [5, 5.41) is 9.80. The lowest BCUT2D eigenvalue weighted by atomic mass is 9.93. The van der Waals surface area contributed by atoms with E-state index in [9.17, 15) is 26.7 Å². The van der Waals surface area contributed by atoms with Crippen molar-refractivity contribution >= 4 is 9.84 Å². The Morgan fingerprint density at radius 2 is 1.95 bits per heavy atom. The summed E-state index contributed by atoms with van der Waals surface area (Å²) in [5.74, 6) is -3.36. The molecule has 22 heavy (non-hydrogen) atoms. The van der Waals surface area contributed by atoms with Crippen molar-refractivity contribution in [1.29, 1.82) is 0 Å². The molecule has 0 amide bonds. The number of alkyl halides is 3. The second kappa shape index (κ2) is 4.86. The highest BCUT2D eigenvalue weighted by Gasteiger charge is 2.50. The van der Waals surface area contributed by atoms with Gasteiger partial charge in [-0.05, 0) is 12.1 Å². The minimum absolute atomic E-state index is 0.0114. The van der Waals surface area contributed by atoms with E-state index in [0.717, 1.165) is 12.3 Å². The summed E-state index contributed by atoms with van der Waals surface area (Å²) in [7, 11) is -3.77. The van der Waals surface area contributed by atoms with E-state index >= 15 is 0 Å². The molecular formula is C14H15F3O4S. The van der Waals surface area contributed by atoms with Gasteiger partial charge in [-0.1, -0.05) is 0 Å². The summed E-state index contributed by atoms with van der Waals surface area (Å²) in [6.45, 7) is 0. The summed E-state index contributed by atoms with van der Waals surface area (Å²) in [6, 6.07) is 2.45. The predicted molar refractivity (Wildman–Crippen MR) is 71.7 cm³/mol. The molecule has 0 heterocycles. The Kier molecular flexibility index (Phi) is 3.45. The number of aliphatic hydroxyl groups excluding tert-OH is 1. The number of ether oxygens (including phenoxy) is 1. The van der Waals surface area contributed by atoms with Crippen LogP contribution in [-0.4, -0.2) is 38.0 Å². The molecule has 0 radical (unpaired) electrons. The number of fused-ring (bicyclic) bond motifs is 1. The minimum Gasteiger partial charge on any atom is -0.490 e. The zero-order chi connectivity index (χ0) is 16.3. The third-order valence-electron chi connectivity index (χ3n) is 4.09. The summed E-state index contributed by atoms with van der Waals surface area (Å²) < 4.78 is 69.4. The molecule has 4 nitrogen and oxygen atoms in total. The molecule has 8 heteroatoms. The minimum atomic E-state index is -3.77. The van der Waals surface area contributed by atoms with Gasteiger partial charge in [-0.25, -0.2) is 21.6 Å². The normalized spacial score (nSPS) is 29.8. The van der Waals surface area contributed by atoms with Crippen molar-refractivity contribution in [2.24, 2.45) is 0 Å². The average Bonchev–Trinajstić information content (AvgIpc) is 2.58. The maximum Gasteiger partial charge on any atom is 0.281 e.